The summed E-state index contributed by atoms with van der Waals surface area (Å²) in [4.78, 5) is 19.9. The molecule has 2 aliphatic rings. The normalized spacial score (nSPS) is 16.0. The predicted molar refractivity (Wildman–Crippen MR) is 166 cm³/mol. The number of aromatic nitrogens is 1. The summed E-state index contributed by atoms with van der Waals surface area (Å²) in [6.45, 7) is 0.328. The summed E-state index contributed by atoms with van der Waals surface area (Å²) < 4.78 is 8.62. The maximum Gasteiger partial charge on any atom is 0.271 e. The van der Waals surface area contributed by atoms with Crippen molar-refractivity contribution in [2.24, 2.45) is 4.99 Å². The van der Waals surface area contributed by atoms with Gasteiger partial charge in [-0.2, -0.15) is 0 Å². The van der Waals surface area contributed by atoms with Crippen LogP contribution in [0.2, 0.25) is 10.0 Å². The van der Waals surface area contributed by atoms with Crippen LogP contribution in [0.5, 0.6) is 5.75 Å². The van der Waals surface area contributed by atoms with Gasteiger partial charge in [0.1, 0.15) is 12.4 Å². The third kappa shape index (κ3) is 4.84. The van der Waals surface area contributed by atoms with Crippen LogP contribution in [0, 0.1) is 0 Å². The molecule has 1 aliphatic heterocycles. The fraction of sp³-hybridized carbons (Fsp3) is 0.118. The van der Waals surface area contributed by atoms with Crippen molar-refractivity contribution in [2.45, 2.75) is 25.5 Å². The Morgan fingerprint density at radius 2 is 1.66 bits per heavy atom. The highest BCUT2D eigenvalue weighted by molar-refractivity contribution is 7.07. The zero-order chi connectivity index (χ0) is 27.9. The summed E-state index contributed by atoms with van der Waals surface area (Å²) in [5.41, 5.74) is 7.24. The van der Waals surface area contributed by atoms with Crippen molar-refractivity contribution in [3.63, 3.8) is 0 Å². The molecular weight excluding hydrogens is 571 g/mol. The lowest BCUT2D eigenvalue weighted by Gasteiger charge is -2.30. The highest BCUT2D eigenvalue weighted by Crippen LogP contribution is 2.41. The first-order chi connectivity index (χ1) is 20.1. The smallest absolute Gasteiger partial charge is 0.271 e. The highest BCUT2D eigenvalue weighted by Gasteiger charge is 2.32. The van der Waals surface area contributed by atoms with E-state index in [1.165, 1.54) is 16.9 Å². The van der Waals surface area contributed by atoms with Crippen molar-refractivity contribution >= 4 is 46.3 Å². The Bertz CT molecular complexity index is 2010. The summed E-state index contributed by atoms with van der Waals surface area (Å²) in [6.07, 6.45) is 3.65. The van der Waals surface area contributed by atoms with Gasteiger partial charge in [-0.3, -0.25) is 9.36 Å². The van der Waals surface area contributed by atoms with Gasteiger partial charge in [-0.1, -0.05) is 107 Å². The van der Waals surface area contributed by atoms with Crippen LogP contribution < -0.4 is 19.6 Å². The number of fused-ring (bicyclic) bond motifs is 3. The van der Waals surface area contributed by atoms with E-state index in [1.807, 2.05) is 83.4 Å². The number of thiazole rings is 1. The molecular formula is C34H24Cl2N2O2S. The minimum Gasteiger partial charge on any atom is -0.488 e. The molecule has 4 nitrogen and oxygen atoms in total. The van der Waals surface area contributed by atoms with E-state index in [4.69, 9.17) is 32.9 Å². The maximum absolute atomic E-state index is 14.1. The number of rotatable bonds is 5. The SMILES string of the molecule is O=c1/c(=C\c2ccccc2OCc2ccccc2Cl)sc2n1[C@@H](c1ccc(Cl)cc1)C1=C(N=2)c2ccccc2CC1. The summed E-state index contributed by atoms with van der Waals surface area (Å²) in [5.74, 6) is 0.681. The van der Waals surface area contributed by atoms with Crippen molar-refractivity contribution in [3.05, 3.63) is 160 Å². The fourth-order valence-electron chi connectivity index (χ4n) is 5.61. The predicted octanol–water partition coefficient (Wildman–Crippen LogP) is 7.20. The van der Waals surface area contributed by atoms with E-state index in [-0.39, 0.29) is 11.6 Å². The summed E-state index contributed by atoms with van der Waals surface area (Å²) in [5, 5.41) is 1.32. The molecule has 0 N–H and O–H groups in total. The third-order valence-corrected chi connectivity index (χ3v) is 9.21. The molecule has 0 amide bonds. The van der Waals surface area contributed by atoms with E-state index in [2.05, 4.69) is 24.3 Å². The fourth-order valence-corrected chi connectivity index (χ4v) is 6.92. The van der Waals surface area contributed by atoms with Crippen molar-refractivity contribution in [3.8, 4) is 5.75 Å². The van der Waals surface area contributed by atoms with Crippen LogP contribution in [-0.2, 0) is 13.0 Å². The van der Waals surface area contributed by atoms with E-state index >= 15 is 0 Å². The van der Waals surface area contributed by atoms with Gasteiger partial charge in [0.2, 0.25) is 0 Å². The summed E-state index contributed by atoms with van der Waals surface area (Å²) >= 11 is 14.0. The van der Waals surface area contributed by atoms with Gasteiger partial charge in [0.15, 0.2) is 4.80 Å². The number of aryl methyl sites for hydroxylation is 1. The lowest BCUT2D eigenvalue weighted by Crippen LogP contribution is -2.38. The molecule has 5 aromatic rings. The first-order valence-electron chi connectivity index (χ1n) is 13.4. The van der Waals surface area contributed by atoms with Gasteiger partial charge < -0.3 is 4.74 Å². The molecule has 0 radical (unpaired) electrons. The lowest BCUT2D eigenvalue weighted by molar-refractivity contribution is 0.305. The molecule has 0 saturated heterocycles. The van der Waals surface area contributed by atoms with Crippen LogP contribution in [0.4, 0.5) is 0 Å². The summed E-state index contributed by atoms with van der Waals surface area (Å²) in [7, 11) is 0. The first kappa shape index (κ1) is 26.0. The van der Waals surface area contributed by atoms with Crippen LogP contribution in [0.1, 0.15) is 40.3 Å². The van der Waals surface area contributed by atoms with Gasteiger partial charge in [0.05, 0.1) is 16.3 Å². The van der Waals surface area contributed by atoms with Crippen LogP contribution in [0.15, 0.2) is 112 Å². The standard InChI is InChI=1S/C34H24Cl2N2O2S/c35-25-16-13-22(14-17-25)32-27-18-15-21-7-1-4-10-26(21)31(27)37-34-38(32)33(39)30(41-34)19-23-8-3-6-12-29(23)40-20-24-9-2-5-11-28(24)36/h1-14,16-17,19,32H,15,18,20H2/b30-19+/t32-/m0/s1. The molecule has 0 fully saturated rings. The Hall–Kier alpha value is -3.90. The monoisotopic (exact) mass is 594 g/mol. The van der Waals surface area contributed by atoms with Gasteiger partial charge in [0, 0.05) is 26.7 Å². The Kier molecular flexibility index (Phi) is 6.87. The number of benzene rings is 4. The minimum atomic E-state index is -0.249. The molecule has 41 heavy (non-hydrogen) atoms. The highest BCUT2D eigenvalue weighted by atomic mass is 35.5. The van der Waals surface area contributed by atoms with Gasteiger partial charge >= 0.3 is 0 Å². The van der Waals surface area contributed by atoms with Crippen LogP contribution in [-0.4, -0.2) is 4.57 Å². The number of para-hydroxylation sites is 1. The molecule has 7 heteroatoms. The second kappa shape index (κ2) is 10.8. The molecule has 1 atom stereocenters. The minimum absolute atomic E-state index is 0.0694. The molecule has 202 valence electrons. The zero-order valence-electron chi connectivity index (χ0n) is 21.9. The number of nitrogens with zero attached hydrogens (tertiary/aromatic N) is 2. The van der Waals surface area contributed by atoms with Crippen molar-refractivity contribution < 1.29 is 4.74 Å². The van der Waals surface area contributed by atoms with Crippen molar-refractivity contribution in [1.29, 1.82) is 0 Å². The van der Waals surface area contributed by atoms with Gasteiger partial charge in [0.25, 0.3) is 5.56 Å². The van der Waals surface area contributed by atoms with Crippen molar-refractivity contribution in [1.82, 2.24) is 4.57 Å². The maximum atomic E-state index is 14.1. The Morgan fingerprint density at radius 1 is 0.902 bits per heavy atom. The Morgan fingerprint density at radius 3 is 2.51 bits per heavy atom. The average Bonchev–Trinajstić information content (AvgIpc) is 3.31. The molecule has 0 saturated carbocycles. The number of hydrogen-bond donors (Lipinski definition) is 0. The second-order valence-electron chi connectivity index (χ2n) is 10.1. The number of ether oxygens (including phenoxy) is 1. The van der Waals surface area contributed by atoms with Gasteiger partial charge in [-0.05, 0) is 59.9 Å². The number of halogens is 2. The topological polar surface area (TPSA) is 43.6 Å². The molecule has 1 aromatic heterocycles. The van der Waals surface area contributed by atoms with E-state index in [0.717, 1.165) is 46.4 Å². The van der Waals surface area contributed by atoms with E-state index in [0.29, 0.717) is 31.7 Å². The first-order valence-corrected chi connectivity index (χ1v) is 15.0. The number of allylic oxidation sites excluding steroid dienone is 1. The summed E-state index contributed by atoms with van der Waals surface area (Å²) in [6, 6.07) is 31.3. The average molecular weight is 596 g/mol. The number of hydrogen-bond acceptors (Lipinski definition) is 4. The van der Waals surface area contributed by atoms with E-state index in [1.54, 1.807) is 0 Å². The van der Waals surface area contributed by atoms with Gasteiger partial charge in [-0.25, -0.2) is 4.99 Å². The van der Waals surface area contributed by atoms with Gasteiger partial charge in [-0.15, -0.1) is 0 Å². The molecule has 0 spiro atoms. The molecule has 7 rings (SSSR count). The quantitative estimate of drug-likeness (QED) is 0.216. The second-order valence-corrected chi connectivity index (χ2v) is 11.9. The van der Waals surface area contributed by atoms with E-state index < -0.39 is 0 Å². The Balaban J connectivity index is 1.36. The van der Waals surface area contributed by atoms with Crippen molar-refractivity contribution in [2.75, 3.05) is 0 Å². The van der Waals surface area contributed by atoms with Crippen LogP contribution in [0.3, 0.4) is 0 Å². The zero-order valence-corrected chi connectivity index (χ0v) is 24.2. The molecule has 0 unspecified atom stereocenters. The molecule has 0 bridgehead atoms. The largest absolute Gasteiger partial charge is 0.488 e. The van der Waals surface area contributed by atoms with E-state index in [9.17, 15) is 4.79 Å². The lowest BCUT2D eigenvalue weighted by atomic mass is 9.83. The molecule has 1 aliphatic carbocycles. The molecule has 2 heterocycles. The van der Waals surface area contributed by atoms with Crippen LogP contribution in [0.25, 0.3) is 11.8 Å². The third-order valence-electron chi connectivity index (χ3n) is 7.61. The Labute approximate surface area is 251 Å². The van der Waals surface area contributed by atoms with Crippen LogP contribution >= 0.6 is 34.5 Å². The molecule has 4 aromatic carbocycles.